The summed E-state index contributed by atoms with van der Waals surface area (Å²) >= 11 is 0. The summed E-state index contributed by atoms with van der Waals surface area (Å²) in [5.74, 6) is -1.02. The highest BCUT2D eigenvalue weighted by Gasteiger charge is 1.93. The predicted molar refractivity (Wildman–Crippen MR) is 59.3 cm³/mol. The number of amides is 1. The number of carboxylic acids is 1. The largest absolute Gasteiger partial charge is 0.481 e. The first kappa shape index (κ1) is 16.3. The lowest BCUT2D eigenvalue weighted by atomic mass is 10.1. The smallest absolute Gasteiger partial charge is 0.300 e. The van der Waals surface area contributed by atoms with Gasteiger partial charge in [-0.25, -0.2) is 0 Å². The average molecular weight is 218 g/mol. The lowest BCUT2D eigenvalue weighted by Gasteiger charge is -1.97. The van der Waals surface area contributed by atoms with E-state index in [1.807, 2.05) is 0 Å². The van der Waals surface area contributed by atoms with Crippen LogP contribution in [-0.2, 0) is 9.59 Å². The zero-order valence-electron chi connectivity index (χ0n) is 9.37. The summed E-state index contributed by atoms with van der Waals surface area (Å²) in [7, 11) is 0. The Kier molecular flexibility index (Phi) is 14.0. The number of nitrogens with two attached hydrogens (primary N) is 2. The van der Waals surface area contributed by atoms with Gasteiger partial charge in [0.25, 0.3) is 5.97 Å². The quantitative estimate of drug-likeness (QED) is 0.551. The molecule has 5 nitrogen and oxygen atoms in total. The monoisotopic (exact) mass is 218 g/mol. The van der Waals surface area contributed by atoms with Crippen molar-refractivity contribution >= 4 is 11.9 Å². The second-order valence-electron chi connectivity index (χ2n) is 3.29. The molecule has 0 atom stereocenters. The molecule has 0 saturated carbocycles. The Hall–Kier alpha value is -1.10. The molecule has 0 aromatic carbocycles. The van der Waals surface area contributed by atoms with E-state index < -0.39 is 5.97 Å². The van der Waals surface area contributed by atoms with Gasteiger partial charge in [-0.05, 0) is 19.4 Å². The third-order valence-corrected chi connectivity index (χ3v) is 1.63. The summed E-state index contributed by atoms with van der Waals surface area (Å²) in [5, 5.41) is 7.42. The Morgan fingerprint density at radius 2 is 1.47 bits per heavy atom. The molecule has 0 heterocycles. The van der Waals surface area contributed by atoms with Gasteiger partial charge in [0.1, 0.15) is 0 Å². The van der Waals surface area contributed by atoms with Gasteiger partial charge in [-0.3, -0.25) is 9.59 Å². The zero-order valence-corrected chi connectivity index (χ0v) is 9.37. The van der Waals surface area contributed by atoms with Gasteiger partial charge in [-0.15, -0.1) is 0 Å². The van der Waals surface area contributed by atoms with Crippen LogP contribution in [0, 0.1) is 0 Å². The van der Waals surface area contributed by atoms with E-state index in [2.05, 4.69) is 0 Å². The molecule has 90 valence electrons. The van der Waals surface area contributed by atoms with Crippen LogP contribution in [0.1, 0.15) is 45.4 Å². The third kappa shape index (κ3) is 32.2. The van der Waals surface area contributed by atoms with E-state index in [9.17, 15) is 4.79 Å². The molecule has 0 aliphatic rings. The Bertz CT molecular complexity index is 168. The second kappa shape index (κ2) is 12.9. The van der Waals surface area contributed by atoms with Gasteiger partial charge in [0.2, 0.25) is 5.91 Å². The number of carbonyl (C=O) groups is 2. The van der Waals surface area contributed by atoms with E-state index in [-0.39, 0.29) is 5.91 Å². The molecule has 0 spiro atoms. The van der Waals surface area contributed by atoms with Crippen molar-refractivity contribution in [3.05, 3.63) is 0 Å². The molecule has 5 heteroatoms. The summed E-state index contributed by atoms with van der Waals surface area (Å²) in [6.07, 6.45) is 6.00. The highest BCUT2D eigenvalue weighted by atomic mass is 16.4. The van der Waals surface area contributed by atoms with Crippen LogP contribution in [0.15, 0.2) is 0 Å². The van der Waals surface area contributed by atoms with Gasteiger partial charge in [0.05, 0.1) is 0 Å². The molecule has 5 N–H and O–H groups in total. The molecule has 0 rings (SSSR count). The molecule has 0 radical (unpaired) electrons. The minimum atomic E-state index is -0.833. The lowest BCUT2D eigenvalue weighted by Crippen LogP contribution is -2.09. The fourth-order valence-corrected chi connectivity index (χ4v) is 0.974. The van der Waals surface area contributed by atoms with Crippen LogP contribution in [0.4, 0.5) is 0 Å². The standard InChI is InChI=1S/C8H18N2O.C2H4O2/c9-7-5-3-1-2-4-6-8(10)11;1-2(3)4/h1-7,9H2,(H2,10,11);1H3,(H,3,4). The molecule has 0 aliphatic heterocycles. The topological polar surface area (TPSA) is 106 Å². The fraction of sp³-hybridized carbons (Fsp3) is 0.800. The highest BCUT2D eigenvalue weighted by molar-refractivity contribution is 5.73. The SMILES string of the molecule is CC(=O)O.NCCCCCCCC(N)=O. The first-order valence-corrected chi connectivity index (χ1v) is 5.18. The first-order valence-electron chi connectivity index (χ1n) is 5.18. The van der Waals surface area contributed by atoms with Crippen molar-refractivity contribution in [1.82, 2.24) is 0 Å². The van der Waals surface area contributed by atoms with E-state index >= 15 is 0 Å². The molecule has 15 heavy (non-hydrogen) atoms. The van der Waals surface area contributed by atoms with Gasteiger partial charge in [-0.2, -0.15) is 0 Å². The Balaban J connectivity index is 0. The fourth-order valence-electron chi connectivity index (χ4n) is 0.974. The number of carbonyl (C=O) groups excluding carboxylic acids is 1. The van der Waals surface area contributed by atoms with Crippen LogP contribution in [0.25, 0.3) is 0 Å². The van der Waals surface area contributed by atoms with E-state index in [0.29, 0.717) is 6.42 Å². The summed E-state index contributed by atoms with van der Waals surface area (Å²) in [6.45, 7) is 1.86. The summed E-state index contributed by atoms with van der Waals surface area (Å²) in [5.41, 5.74) is 10.3. The molecular weight excluding hydrogens is 196 g/mol. The summed E-state index contributed by atoms with van der Waals surface area (Å²) in [6, 6.07) is 0. The van der Waals surface area contributed by atoms with Crippen molar-refractivity contribution < 1.29 is 14.7 Å². The van der Waals surface area contributed by atoms with Gasteiger partial charge >= 0.3 is 0 Å². The van der Waals surface area contributed by atoms with Crippen LogP contribution in [-0.4, -0.2) is 23.5 Å². The number of carboxylic acid groups (broad SMARTS) is 1. The number of primary amides is 1. The van der Waals surface area contributed by atoms with Gasteiger partial charge < -0.3 is 16.6 Å². The number of hydrogen-bond donors (Lipinski definition) is 3. The molecule has 0 unspecified atom stereocenters. The molecule has 0 aliphatic carbocycles. The minimum absolute atomic E-state index is 0.191. The van der Waals surface area contributed by atoms with Crippen molar-refractivity contribution in [2.75, 3.05) is 6.54 Å². The van der Waals surface area contributed by atoms with Gasteiger partial charge in [0.15, 0.2) is 0 Å². The van der Waals surface area contributed by atoms with E-state index in [4.69, 9.17) is 21.4 Å². The number of rotatable bonds is 7. The number of hydrogen-bond acceptors (Lipinski definition) is 3. The molecule has 1 amide bonds. The maximum Gasteiger partial charge on any atom is 0.300 e. The summed E-state index contributed by atoms with van der Waals surface area (Å²) in [4.78, 5) is 19.3. The Morgan fingerprint density at radius 1 is 1.07 bits per heavy atom. The molecule has 0 aromatic rings. The first-order chi connectivity index (χ1) is 7.00. The Labute approximate surface area is 90.8 Å². The molecular formula is C10H22N2O3. The van der Waals surface area contributed by atoms with Gasteiger partial charge in [-0.1, -0.05) is 19.3 Å². The molecule has 0 bridgehead atoms. The van der Waals surface area contributed by atoms with E-state index in [1.54, 1.807) is 0 Å². The zero-order chi connectivity index (χ0) is 12.1. The van der Waals surface area contributed by atoms with Crippen molar-refractivity contribution in [3.63, 3.8) is 0 Å². The third-order valence-electron chi connectivity index (χ3n) is 1.63. The van der Waals surface area contributed by atoms with E-state index in [0.717, 1.165) is 32.7 Å². The van der Waals surface area contributed by atoms with Crippen LogP contribution < -0.4 is 11.5 Å². The average Bonchev–Trinajstić information content (AvgIpc) is 2.09. The number of unbranched alkanes of at least 4 members (excludes halogenated alkanes) is 4. The molecule has 0 fully saturated rings. The minimum Gasteiger partial charge on any atom is -0.481 e. The maximum atomic E-state index is 10.3. The van der Waals surface area contributed by atoms with Gasteiger partial charge in [0, 0.05) is 13.3 Å². The molecule has 0 aromatic heterocycles. The highest BCUT2D eigenvalue weighted by Crippen LogP contribution is 2.03. The second-order valence-corrected chi connectivity index (χ2v) is 3.29. The van der Waals surface area contributed by atoms with E-state index in [1.165, 1.54) is 12.8 Å². The van der Waals surface area contributed by atoms with Crippen LogP contribution in [0.3, 0.4) is 0 Å². The lowest BCUT2D eigenvalue weighted by molar-refractivity contribution is -0.134. The Morgan fingerprint density at radius 3 is 1.87 bits per heavy atom. The normalized spacial score (nSPS) is 8.93. The summed E-state index contributed by atoms with van der Waals surface area (Å²) < 4.78 is 0. The van der Waals surface area contributed by atoms with Crippen molar-refractivity contribution in [2.24, 2.45) is 11.5 Å². The van der Waals surface area contributed by atoms with Crippen LogP contribution in [0.2, 0.25) is 0 Å². The molecule has 0 saturated heterocycles. The van der Waals surface area contributed by atoms with Crippen LogP contribution >= 0.6 is 0 Å². The maximum absolute atomic E-state index is 10.3. The van der Waals surface area contributed by atoms with Crippen molar-refractivity contribution in [3.8, 4) is 0 Å². The van der Waals surface area contributed by atoms with Crippen molar-refractivity contribution in [2.45, 2.75) is 45.4 Å². The van der Waals surface area contributed by atoms with Crippen molar-refractivity contribution in [1.29, 1.82) is 0 Å². The predicted octanol–water partition coefficient (Wildman–Crippen LogP) is 0.862. The van der Waals surface area contributed by atoms with Crippen LogP contribution in [0.5, 0.6) is 0 Å². The number of aliphatic carboxylic acids is 1.